The van der Waals surface area contributed by atoms with E-state index in [1.807, 2.05) is 0 Å². The molecule has 5 heteroatoms. The minimum Gasteiger partial charge on any atom is -0.385 e. The van der Waals surface area contributed by atoms with Crippen molar-refractivity contribution in [1.29, 1.82) is 0 Å². The first kappa shape index (κ1) is 12.2. The molecule has 0 atom stereocenters. The van der Waals surface area contributed by atoms with Crippen LogP contribution in [0, 0.1) is 0 Å². The molecule has 0 aliphatic carbocycles. The average molecular weight is 238 g/mol. The van der Waals surface area contributed by atoms with Crippen LogP contribution in [0.25, 0.3) is 0 Å². The third kappa shape index (κ3) is 2.56. The Labute approximate surface area is 92.1 Å². The maximum absolute atomic E-state index is 12.3. The molecule has 0 radical (unpaired) electrons. The minimum atomic E-state index is -4.23. The summed E-state index contributed by atoms with van der Waals surface area (Å²) in [5, 5.41) is 3.07. The smallest absolute Gasteiger partial charge is 0.385 e. The Bertz CT molecular complexity index is 349. The van der Waals surface area contributed by atoms with Crippen molar-refractivity contribution in [3.05, 3.63) is 29.3 Å². The topological polar surface area (TPSA) is 12.0 Å². The summed E-state index contributed by atoms with van der Waals surface area (Å²) in [6.45, 7) is 0.846. The maximum Gasteiger partial charge on any atom is 0.416 e. The van der Waals surface area contributed by atoms with Gasteiger partial charge in [0.05, 0.1) is 5.56 Å². The standard InChI is InChI=1S/C10H10F3N.ClH/c11-10(12,13)8-3-4-9-7(6-8)2-1-5-14-9;/h3-4,6,14H,1-2,5H2;1H. The molecule has 1 aliphatic heterocycles. The molecular formula is C10H11ClF3N. The fourth-order valence-corrected chi connectivity index (χ4v) is 1.65. The molecule has 1 heterocycles. The summed E-state index contributed by atoms with van der Waals surface area (Å²) in [6, 6.07) is 3.87. The third-order valence-corrected chi connectivity index (χ3v) is 2.37. The third-order valence-electron chi connectivity index (χ3n) is 2.37. The number of alkyl halides is 3. The predicted octanol–water partition coefficient (Wildman–Crippen LogP) is 3.49. The summed E-state index contributed by atoms with van der Waals surface area (Å²) in [7, 11) is 0. The largest absolute Gasteiger partial charge is 0.416 e. The van der Waals surface area contributed by atoms with Crippen molar-refractivity contribution in [2.75, 3.05) is 11.9 Å². The molecule has 0 spiro atoms. The van der Waals surface area contributed by atoms with E-state index in [1.165, 1.54) is 12.1 Å². The molecule has 15 heavy (non-hydrogen) atoms. The predicted molar refractivity (Wildman–Crippen MR) is 55.5 cm³/mol. The van der Waals surface area contributed by atoms with Crippen molar-refractivity contribution < 1.29 is 13.2 Å². The molecule has 84 valence electrons. The Kier molecular flexibility index (Phi) is 3.50. The van der Waals surface area contributed by atoms with Gasteiger partial charge < -0.3 is 5.32 Å². The second-order valence-corrected chi connectivity index (χ2v) is 3.40. The van der Waals surface area contributed by atoms with E-state index < -0.39 is 11.7 Å². The number of fused-ring (bicyclic) bond motifs is 1. The molecule has 0 unspecified atom stereocenters. The lowest BCUT2D eigenvalue weighted by Gasteiger charge is -2.19. The van der Waals surface area contributed by atoms with Crippen molar-refractivity contribution >= 4 is 18.1 Å². The summed E-state index contributed by atoms with van der Waals surface area (Å²) in [6.07, 6.45) is -2.60. The van der Waals surface area contributed by atoms with Crippen LogP contribution in [0.2, 0.25) is 0 Å². The first-order valence-electron chi connectivity index (χ1n) is 4.51. The maximum atomic E-state index is 12.3. The highest BCUT2D eigenvalue weighted by Crippen LogP contribution is 2.33. The van der Waals surface area contributed by atoms with E-state index in [0.29, 0.717) is 0 Å². The molecule has 0 saturated carbocycles. The molecule has 0 fully saturated rings. The number of rotatable bonds is 0. The van der Waals surface area contributed by atoms with Gasteiger partial charge in [-0.15, -0.1) is 12.4 Å². The van der Waals surface area contributed by atoms with Crippen LogP contribution in [0.5, 0.6) is 0 Å². The van der Waals surface area contributed by atoms with Crippen LogP contribution in [0.4, 0.5) is 18.9 Å². The SMILES string of the molecule is Cl.FC(F)(F)c1ccc2c(c1)CCCN2. The van der Waals surface area contributed by atoms with Crippen molar-refractivity contribution in [2.24, 2.45) is 0 Å². The van der Waals surface area contributed by atoms with Gasteiger partial charge in [-0.3, -0.25) is 0 Å². The molecule has 1 aliphatic rings. The monoisotopic (exact) mass is 237 g/mol. The first-order chi connectivity index (χ1) is 6.57. The second kappa shape index (κ2) is 4.31. The molecule has 1 aromatic carbocycles. The number of aryl methyl sites for hydroxylation is 1. The Balaban J connectivity index is 0.00000112. The molecule has 2 rings (SSSR count). The van der Waals surface area contributed by atoms with Gasteiger partial charge in [0, 0.05) is 12.2 Å². The van der Waals surface area contributed by atoms with E-state index in [2.05, 4.69) is 5.32 Å². The summed E-state index contributed by atoms with van der Waals surface area (Å²) < 4.78 is 37.0. The number of hydrogen-bond donors (Lipinski definition) is 1. The Morgan fingerprint density at radius 2 is 1.93 bits per heavy atom. The van der Waals surface area contributed by atoms with E-state index in [1.54, 1.807) is 0 Å². The number of anilines is 1. The second-order valence-electron chi connectivity index (χ2n) is 3.40. The fourth-order valence-electron chi connectivity index (χ4n) is 1.65. The zero-order chi connectivity index (χ0) is 10.2. The summed E-state index contributed by atoms with van der Waals surface area (Å²) in [5.41, 5.74) is 1.05. The average Bonchev–Trinajstić information content (AvgIpc) is 2.16. The zero-order valence-electron chi connectivity index (χ0n) is 7.90. The van der Waals surface area contributed by atoms with Crippen molar-refractivity contribution in [1.82, 2.24) is 0 Å². The van der Waals surface area contributed by atoms with Gasteiger partial charge in [-0.2, -0.15) is 13.2 Å². The van der Waals surface area contributed by atoms with Crippen LogP contribution in [0.15, 0.2) is 18.2 Å². The van der Waals surface area contributed by atoms with Gasteiger partial charge in [0.15, 0.2) is 0 Å². The highest BCUT2D eigenvalue weighted by molar-refractivity contribution is 5.85. The quantitative estimate of drug-likeness (QED) is 0.728. The number of halogens is 4. The van der Waals surface area contributed by atoms with E-state index >= 15 is 0 Å². The zero-order valence-corrected chi connectivity index (χ0v) is 8.71. The lowest BCUT2D eigenvalue weighted by atomic mass is 10.0. The molecular weight excluding hydrogens is 227 g/mol. The number of hydrogen-bond acceptors (Lipinski definition) is 1. The van der Waals surface area contributed by atoms with Crippen molar-refractivity contribution in [2.45, 2.75) is 19.0 Å². The first-order valence-corrected chi connectivity index (χ1v) is 4.51. The number of benzene rings is 1. The van der Waals surface area contributed by atoms with Crippen LogP contribution in [0.1, 0.15) is 17.5 Å². The molecule has 1 aromatic rings. The highest BCUT2D eigenvalue weighted by atomic mass is 35.5. The summed E-state index contributed by atoms with van der Waals surface area (Å²) >= 11 is 0. The number of nitrogens with one attached hydrogen (secondary N) is 1. The van der Waals surface area contributed by atoms with E-state index in [-0.39, 0.29) is 12.4 Å². The van der Waals surface area contributed by atoms with Crippen molar-refractivity contribution in [3.63, 3.8) is 0 Å². The molecule has 0 aromatic heterocycles. The highest BCUT2D eigenvalue weighted by Gasteiger charge is 2.31. The van der Waals surface area contributed by atoms with Gasteiger partial charge in [-0.25, -0.2) is 0 Å². The Morgan fingerprint density at radius 3 is 2.60 bits per heavy atom. The van der Waals surface area contributed by atoms with Gasteiger partial charge in [0.2, 0.25) is 0 Å². The Morgan fingerprint density at radius 1 is 1.20 bits per heavy atom. The lowest BCUT2D eigenvalue weighted by molar-refractivity contribution is -0.137. The van der Waals surface area contributed by atoms with Crippen LogP contribution in [-0.4, -0.2) is 6.54 Å². The lowest BCUT2D eigenvalue weighted by Crippen LogP contribution is -2.13. The van der Waals surface area contributed by atoms with Gasteiger partial charge in [-0.05, 0) is 36.6 Å². The van der Waals surface area contributed by atoms with E-state index in [9.17, 15) is 13.2 Å². The molecule has 1 nitrogen and oxygen atoms in total. The minimum absolute atomic E-state index is 0. The summed E-state index contributed by atoms with van der Waals surface area (Å²) in [4.78, 5) is 0. The van der Waals surface area contributed by atoms with Gasteiger partial charge >= 0.3 is 6.18 Å². The van der Waals surface area contributed by atoms with Gasteiger partial charge in [-0.1, -0.05) is 0 Å². The Hall–Kier alpha value is -0.900. The van der Waals surface area contributed by atoms with Crippen LogP contribution < -0.4 is 5.32 Å². The molecule has 0 amide bonds. The summed E-state index contributed by atoms with van der Waals surface area (Å²) in [5.74, 6) is 0. The van der Waals surface area contributed by atoms with Gasteiger partial charge in [0.1, 0.15) is 0 Å². The van der Waals surface area contributed by atoms with Gasteiger partial charge in [0.25, 0.3) is 0 Å². The molecule has 0 bridgehead atoms. The van der Waals surface area contributed by atoms with Crippen molar-refractivity contribution in [3.8, 4) is 0 Å². The van der Waals surface area contributed by atoms with Crippen LogP contribution in [-0.2, 0) is 12.6 Å². The van der Waals surface area contributed by atoms with Crippen LogP contribution >= 0.6 is 12.4 Å². The fraction of sp³-hybridized carbons (Fsp3) is 0.400. The van der Waals surface area contributed by atoms with E-state index in [0.717, 1.165) is 36.7 Å². The van der Waals surface area contributed by atoms with Crippen LogP contribution in [0.3, 0.4) is 0 Å². The molecule has 1 N–H and O–H groups in total. The normalized spacial score (nSPS) is 14.9. The molecule has 0 saturated heterocycles. The van der Waals surface area contributed by atoms with E-state index in [4.69, 9.17) is 0 Å².